The summed E-state index contributed by atoms with van der Waals surface area (Å²) >= 11 is 7.44. The van der Waals surface area contributed by atoms with Gasteiger partial charge >= 0.3 is 0 Å². The van der Waals surface area contributed by atoms with Crippen LogP contribution < -0.4 is 0 Å². The zero-order valence-electron chi connectivity index (χ0n) is 20.2. The molecule has 2 aromatic carbocycles. The molecule has 0 aliphatic carbocycles. The molecule has 0 radical (unpaired) electrons. The quantitative estimate of drug-likeness (QED) is 0.229. The van der Waals surface area contributed by atoms with E-state index in [9.17, 15) is 24.1 Å². The summed E-state index contributed by atoms with van der Waals surface area (Å²) in [6.07, 6.45) is 0.580. The lowest BCUT2D eigenvalue weighted by Gasteiger charge is -2.31. The van der Waals surface area contributed by atoms with Crippen molar-refractivity contribution in [3.63, 3.8) is 0 Å². The van der Waals surface area contributed by atoms with Gasteiger partial charge in [-0.15, -0.1) is 11.3 Å². The zero-order valence-corrected chi connectivity index (χ0v) is 21.8. The van der Waals surface area contributed by atoms with Crippen molar-refractivity contribution in [2.75, 3.05) is 6.54 Å². The van der Waals surface area contributed by atoms with Crippen LogP contribution in [0.15, 0.2) is 53.9 Å². The van der Waals surface area contributed by atoms with E-state index in [0.717, 1.165) is 22.1 Å². The lowest BCUT2D eigenvalue weighted by atomic mass is 10.1. The minimum atomic E-state index is -0.647. The fraction of sp³-hybridized carbons (Fsp3) is 0.308. The van der Waals surface area contributed by atoms with Gasteiger partial charge in [0.15, 0.2) is 0 Å². The second-order valence-electron chi connectivity index (χ2n) is 8.52. The monoisotopic (exact) mass is 531 g/mol. The van der Waals surface area contributed by atoms with Crippen molar-refractivity contribution in [1.82, 2.24) is 9.80 Å². The summed E-state index contributed by atoms with van der Waals surface area (Å²) in [6, 6.07) is 11.5. The number of benzene rings is 2. The fourth-order valence-electron chi connectivity index (χ4n) is 3.63. The number of thiophene rings is 1. The van der Waals surface area contributed by atoms with Gasteiger partial charge in [-0.25, -0.2) is 4.39 Å². The van der Waals surface area contributed by atoms with Crippen molar-refractivity contribution in [2.24, 2.45) is 0 Å². The molecule has 190 valence electrons. The van der Waals surface area contributed by atoms with Crippen LogP contribution in [0.2, 0.25) is 5.02 Å². The van der Waals surface area contributed by atoms with Crippen LogP contribution in [0.5, 0.6) is 0 Å². The SMILES string of the molecule is CC[C@H](C)N(CC(=O)N(Cc1ccc(F)cc1)Cc1sccc1C)C(=O)c1ccc(Cl)c([N+](=O)[O-])c1. The number of carbonyl (C=O) groups is 2. The maximum absolute atomic E-state index is 13.6. The van der Waals surface area contributed by atoms with Crippen molar-refractivity contribution in [3.8, 4) is 0 Å². The average Bonchev–Trinajstić information content (AvgIpc) is 3.26. The Morgan fingerprint density at radius 2 is 1.83 bits per heavy atom. The van der Waals surface area contributed by atoms with Gasteiger partial charge in [0.25, 0.3) is 11.6 Å². The minimum Gasteiger partial charge on any atom is -0.332 e. The van der Waals surface area contributed by atoms with Gasteiger partial charge in [0.1, 0.15) is 17.4 Å². The molecule has 0 fully saturated rings. The Balaban J connectivity index is 1.89. The molecule has 1 heterocycles. The van der Waals surface area contributed by atoms with Crippen LogP contribution in [0, 0.1) is 22.9 Å². The molecule has 0 N–H and O–H groups in total. The highest BCUT2D eigenvalue weighted by Crippen LogP contribution is 2.26. The zero-order chi connectivity index (χ0) is 26.4. The number of hydrogen-bond acceptors (Lipinski definition) is 5. The normalized spacial score (nSPS) is 11.7. The molecule has 10 heteroatoms. The Morgan fingerprint density at radius 3 is 2.42 bits per heavy atom. The van der Waals surface area contributed by atoms with Crippen molar-refractivity contribution >= 4 is 40.4 Å². The highest BCUT2D eigenvalue weighted by molar-refractivity contribution is 7.10. The third-order valence-corrected chi connectivity index (χ3v) is 7.35. The van der Waals surface area contributed by atoms with Crippen molar-refractivity contribution in [1.29, 1.82) is 0 Å². The van der Waals surface area contributed by atoms with Crippen LogP contribution in [0.4, 0.5) is 10.1 Å². The Bertz CT molecular complexity index is 1250. The van der Waals surface area contributed by atoms with Crippen molar-refractivity contribution in [3.05, 3.63) is 96.4 Å². The van der Waals surface area contributed by atoms with Crippen LogP contribution in [0.25, 0.3) is 0 Å². The van der Waals surface area contributed by atoms with Crippen molar-refractivity contribution < 1.29 is 18.9 Å². The Morgan fingerprint density at radius 1 is 1.14 bits per heavy atom. The predicted octanol–water partition coefficient (Wildman–Crippen LogP) is 6.23. The first-order valence-electron chi connectivity index (χ1n) is 11.4. The molecular formula is C26H27ClFN3O4S. The standard InChI is InChI=1S/C26H27ClFN3O4S/c1-4-18(3)30(26(33)20-7-10-22(27)23(13-20)31(34)35)16-25(32)29(15-24-17(2)11-12-36-24)14-19-5-8-21(28)9-6-19/h5-13,18H,4,14-16H2,1-3H3/t18-/m0/s1. The van der Waals surface area contributed by atoms with Gasteiger partial charge in [0.2, 0.25) is 5.91 Å². The Kier molecular flexibility index (Phi) is 9.17. The van der Waals surface area contributed by atoms with Gasteiger partial charge in [0.05, 0.1) is 11.5 Å². The molecule has 36 heavy (non-hydrogen) atoms. The van der Waals surface area contributed by atoms with Gasteiger partial charge in [-0.2, -0.15) is 0 Å². The first kappa shape index (κ1) is 27.3. The third-order valence-electron chi connectivity index (χ3n) is 6.02. The van der Waals surface area contributed by atoms with Crippen LogP contribution in [-0.2, 0) is 17.9 Å². The summed E-state index contributed by atoms with van der Waals surface area (Å²) < 4.78 is 13.4. The maximum atomic E-state index is 13.6. The molecule has 0 saturated heterocycles. The van der Waals surface area contributed by atoms with Gasteiger partial charge in [-0.3, -0.25) is 19.7 Å². The molecule has 1 atom stereocenters. The van der Waals surface area contributed by atoms with E-state index in [2.05, 4.69) is 0 Å². The topological polar surface area (TPSA) is 83.8 Å². The van der Waals surface area contributed by atoms with Gasteiger partial charge in [-0.05, 0) is 67.1 Å². The van der Waals surface area contributed by atoms with E-state index in [1.165, 1.54) is 40.5 Å². The molecule has 0 saturated carbocycles. The summed E-state index contributed by atoms with van der Waals surface area (Å²) in [4.78, 5) is 41.7. The van der Waals surface area contributed by atoms with Crippen molar-refractivity contribution in [2.45, 2.75) is 46.3 Å². The number of hydrogen-bond donors (Lipinski definition) is 0. The number of rotatable bonds is 10. The minimum absolute atomic E-state index is 0.0699. The number of halogens is 2. The van der Waals surface area contributed by atoms with E-state index < -0.39 is 10.8 Å². The van der Waals surface area contributed by atoms with Crippen LogP contribution in [0.1, 0.15) is 46.6 Å². The number of carbonyl (C=O) groups excluding carboxylic acids is 2. The number of nitrogens with zero attached hydrogens (tertiary/aromatic N) is 3. The van der Waals surface area contributed by atoms with Crippen LogP contribution in [0.3, 0.4) is 0 Å². The first-order chi connectivity index (χ1) is 17.1. The molecule has 0 bridgehead atoms. The molecule has 0 spiro atoms. The second-order valence-corrected chi connectivity index (χ2v) is 9.92. The molecule has 0 aliphatic rings. The summed E-state index contributed by atoms with van der Waals surface area (Å²) in [5, 5.41) is 13.2. The molecule has 2 amide bonds. The fourth-order valence-corrected chi connectivity index (χ4v) is 4.73. The van der Waals surface area contributed by atoms with E-state index in [0.29, 0.717) is 13.0 Å². The second kappa shape index (κ2) is 12.1. The number of nitro groups is 1. The number of aryl methyl sites for hydroxylation is 1. The third kappa shape index (κ3) is 6.67. The highest BCUT2D eigenvalue weighted by Gasteiger charge is 2.28. The molecule has 1 aromatic heterocycles. The van der Waals surface area contributed by atoms with Crippen LogP contribution in [-0.4, -0.2) is 39.1 Å². The largest absolute Gasteiger partial charge is 0.332 e. The lowest BCUT2D eigenvalue weighted by molar-refractivity contribution is -0.384. The summed E-state index contributed by atoms with van der Waals surface area (Å²) in [6.45, 7) is 6.05. The summed E-state index contributed by atoms with van der Waals surface area (Å²) in [7, 11) is 0. The molecule has 0 unspecified atom stereocenters. The first-order valence-corrected chi connectivity index (χ1v) is 12.7. The van der Waals surface area contributed by atoms with E-state index in [-0.39, 0.29) is 47.1 Å². The van der Waals surface area contributed by atoms with E-state index in [1.54, 1.807) is 17.0 Å². The molecule has 7 nitrogen and oxygen atoms in total. The maximum Gasteiger partial charge on any atom is 0.288 e. The van der Waals surface area contributed by atoms with Crippen LogP contribution >= 0.6 is 22.9 Å². The smallest absolute Gasteiger partial charge is 0.288 e. The highest BCUT2D eigenvalue weighted by atomic mass is 35.5. The molecule has 3 rings (SSSR count). The average molecular weight is 532 g/mol. The predicted molar refractivity (Wildman–Crippen MR) is 139 cm³/mol. The van der Waals surface area contributed by atoms with Gasteiger partial charge in [0, 0.05) is 29.1 Å². The Labute approximate surface area is 218 Å². The summed E-state index contributed by atoms with van der Waals surface area (Å²) in [5.74, 6) is -1.15. The molecule has 3 aromatic rings. The van der Waals surface area contributed by atoms with E-state index in [4.69, 9.17) is 11.6 Å². The molecule has 0 aliphatic heterocycles. The lowest BCUT2D eigenvalue weighted by Crippen LogP contribution is -2.46. The van der Waals surface area contributed by atoms with Gasteiger partial charge < -0.3 is 9.80 Å². The number of nitro benzene ring substituents is 1. The Hall–Kier alpha value is -3.30. The van der Waals surface area contributed by atoms with E-state index in [1.807, 2.05) is 32.2 Å². The summed E-state index contributed by atoms with van der Waals surface area (Å²) in [5.41, 5.74) is 1.52. The van der Waals surface area contributed by atoms with Gasteiger partial charge in [-0.1, -0.05) is 30.7 Å². The molecular weight excluding hydrogens is 505 g/mol. The number of amides is 2. The van der Waals surface area contributed by atoms with E-state index >= 15 is 0 Å².